The minimum Gasteiger partial charge on any atom is -0.321 e. The molecule has 104 valence electrons. The summed E-state index contributed by atoms with van der Waals surface area (Å²) in [4.78, 5) is 12.4. The number of benzene rings is 2. The van der Waals surface area contributed by atoms with Gasteiger partial charge in [0.25, 0.3) is 5.91 Å². The van der Waals surface area contributed by atoms with E-state index in [0.29, 0.717) is 5.56 Å². The zero-order chi connectivity index (χ0) is 14.9. The highest BCUT2D eigenvalue weighted by molar-refractivity contribution is 14.1. The van der Waals surface area contributed by atoms with Crippen LogP contribution < -0.4 is 5.32 Å². The Kier molecular flexibility index (Phi) is 5.25. The van der Waals surface area contributed by atoms with Crippen LogP contribution in [0.2, 0.25) is 0 Å². The standard InChI is InChI=1S/C15H12Br2INO/c1-8-5-11(17)6-9(2)14(8)19-15(20)12-7-10(16)3-4-13(12)18/h3-7H,1-2H3,(H,19,20). The van der Waals surface area contributed by atoms with Crippen molar-refractivity contribution in [3.63, 3.8) is 0 Å². The topological polar surface area (TPSA) is 29.1 Å². The molecule has 0 aliphatic heterocycles. The maximum absolute atomic E-state index is 12.4. The predicted molar refractivity (Wildman–Crippen MR) is 98.4 cm³/mol. The van der Waals surface area contributed by atoms with Gasteiger partial charge in [0.1, 0.15) is 0 Å². The first-order chi connectivity index (χ1) is 9.38. The van der Waals surface area contributed by atoms with E-state index in [1.54, 1.807) is 0 Å². The van der Waals surface area contributed by atoms with Crippen molar-refractivity contribution in [2.45, 2.75) is 13.8 Å². The van der Waals surface area contributed by atoms with Crippen LogP contribution in [0.5, 0.6) is 0 Å². The molecule has 1 N–H and O–H groups in total. The van der Waals surface area contributed by atoms with Gasteiger partial charge in [0.05, 0.1) is 5.56 Å². The zero-order valence-electron chi connectivity index (χ0n) is 10.9. The van der Waals surface area contributed by atoms with Crippen LogP contribution in [0.3, 0.4) is 0 Å². The summed E-state index contributed by atoms with van der Waals surface area (Å²) in [6.07, 6.45) is 0. The van der Waals surface area contributed by atoms with Crippen LogP contribution in [0.4, 0.5) is 5.69 Å². The van der Waals surface area contributed by atoms with Crippen LogP contribution in [-0.4, -0.2) is 5.91 Å². The SMILES string of the molecule is Cc1cc(Br)cc(C)c1NC(=O)c1cc(Br)ccc1I. The van der Waals surface area contributed by atoms with Gasteiger partial charge in [-0.1, -0.05) is 31.9 Å². The van der Waals surface area contributed by atoms with E-state index < -0.39 is 0 Å². The molecule has 0 heterocycles. The Morgan fingerprint density at radius 2 is 1.65 bits per heavy atom. The molecule has 0 saturated carbocycles. The van der Waals surface area contributed by atoms with Gasteiger partial charge in [-0.15, -0.1) is 0 Å². The van der Waals surface area contributed by atoms with Gasteiger partial charge in [-0.2, -0.15) is 0 Å². The largest absolute Gasteiger partial charge is 0.321 e. The molecule has 0 bridgehead atoms. The molecule has 0 spiro atoms. The van der Waals surface area contributed by atoms with Gasteiger partial charge >= 0.3 is 0 Å². The number of anilines is 1. The summed E-state index contributed by atoms with van der Waals surface area (Å²) in [6.45, 7) is 3.97. The normalized spacial score (nSPS) is 10.4. The van der Waals surface area contributed by atoms with Crippen molar-refractivity contribution in [2.75, 3.05) is 5.32 Å². The number of halogens is 3. The van der Waals surface area contributed by atoms with E-state index in [1.165, 1.54) is 0 Å². The van der Waals surface area contributed by atoms with Crippen molar-refractivity contribution in [1.82, 2.24) is 0 Å². The first kappa shape index (κ1) is 16.0. The quantitative estimate of drug-likeness (QED) is 0.519. The van der Waals surface area contributed by atoms with Crippen LogP contribution >= 0.6 is 54.5 Å². The minimum absolute atomic E-state index is 0.0933. The summed E-state index contributed by atoms with van der Waals surface area (Å²) in [6, 6.07) is 9.67. The highest BCUT2D eigenvalue weighted by Crippen LogP contribution is 2.26. The Labute approximate surface area is 148 Å². The number of nitrogens with one attached hydrogen (secondary N) is 1. The Bertz CT molecular complexity index is 663. The Balaban J connectivity index is 2.35. The molecule has 2 rings (SSSR count). The van der Waals surface area contributed by atoms with Gasteiger partial charge in [-0.25, -0.2) is 0 Å². The minimum atomic E-state index is -0.0933. The monoisotopic (exact) mass is 507 g/mol. The zero-order valence-corrected chi connectivity index (χ0v) is 16.3. The maximum atomic E-state index is 12.4. The number of hydrogen-bond donors (Lipinski definition) is 1. The summed E-state index contributed by atoms with van der Waals surface area (Å²) in [5.41, 5.74) is 3.61. The molecule has 0 radical (unpaired) electrons. The van der Waals surface area contributed by atoms with E-state index in [1.807, 2.05) is 44.2 Å². The second-order valence-electron chi connectivity index (χ2n) is 4.49. The number of carbonyl (C=O) groups excluding carboxylic acids is 1. The summed E-state index contributed by atoms with van der Waals surface area (Å²) in [5, 5.41) is 3.00. The smallest absolute Gasteiger partial charge is 0.256 e. The van der Waals surface area contributed by atoms with Gasteiger partial charge < -0.3 is 5.32 Å². The van der Waals surface area contributed by atoms with Crippen molar-refractivity contribution in [2.24, 2.45) is 0 Å². The molecular formula is C15H12Br2INO. The summed E-state index contributed by atoms with van der Waals surface area (Å²) in [7, 11) is 0. The number of hydrogen-bond acceptors (Lipinski definition) is 1. The summed E-state index contributed by atoms with van der Waals surface area (Å²) >= 11 is 9.03. The predicted octanol–water partition coefficient (Wildman–Crippen LogP) is 5.69. The van der Waals surface area contributed by atoms with Crippen molar-refractivity contribution in [3.05, 3.63) is 59.5 Å². The van der Waals surface area contributed by atoms with E-state index in [2.05, 4.69) is 59.8 Å². The Morgan fingerprint density at radius 1 is 1.05 bits per heavy atom. The van der Waals surface area contributed by atoms with Crippen molar-refractivity contribution in [1.29, 1.82) is 0 Å². The molecule has 1 amide bonds. The molecule has 0 atom stereocenters. The van der Waals surface area contributed by atoms with E-state index >= 15 is 0 Å². The third-order valence-corrected chi connectivity index (χ3v) is 4.80. The number of carbonyl (C=O) groups is 1. The highest BCUT2D eigenvalue weighted by atomic mass is 127. The molecule has 0 aliphatic rings. The van der Waals surface area contributed by atoms with Gasteiger partial charge in [-0.3, -0.25) is 4.79 Å². The maximum Gasteiger partial charge on any atom is 0.256 e. The lowest BCUT2D eigenvalue weighted by atomic mass is 10.1. The van der Waals surface area contributed by atoms with E-state index in [-0.39, 0.29) is 5.91 Å². The molecule has 2 aromatic rings. The number of rotatable bonds is 2. The molecule has 2 nitrogen and oxygen atoms in total. The van der Waals surface area contributed by atoms with Gasteiger partial charge in [-0.05, 0) is 77.9 Å². The average Bonchev–Trinajstić information content (AvgIpc) is 2.36. The van der Waals surface area contributed by atoms with Crippen LogP contribution in [0.15, 0.2) is 39.3 Å². The van der Waals surface area contributed by atoms with E-state index in [0.717, 1.165) is 29.3 Å². The van der Waals surface area contributed by atoms with Crippen LogP contribution in [0, 0.1) is 17.4 Å². The van der Waals surface area contributed by atoms with E-state index in [4.69, 9.17) is 0 Å². The lowest BCUT2D eigenvalue weighted by Gasteiger charge is -2.13. The average molecular weight is 509 g/mol. The van der Waals surface area contributed by atoms with Crippen LogP contribution in [-0.2, 0) is 0 Å². The van der Waals surface area contributed by atoms with Crippen LogP contribution in [0.1, 0.15) is 21.5 Å². The van der Waals surface area contributed by atoms with Gasteiger partial charge in [0, 0.05) is 18.2 Å². The molecule has 20 heavy (non-hydrogen) atoms. The first-order valence-corrected chi connectivity index (χ1v) is 8.58. The molecular weight excluding hydrogens is 497 g/mol. The number of aryl methyl sites for hydroxylation is 2. The molecule has 0 unspecified atom stereocenters. The summed E-state index contributed by atoms with van der Waals surface area (Å²) < 4.78 is 2.84. The lowest BCUT2D eigenvalue weighted by Crippen LogP contribution is -2.15. The first-order valence-electron chi connectivity index (χ1n) is 5.91. The Hall–Kier alpha value is -0.400. The van der Waals surface area contributed by atoms with E-state index in [9.17, 15) is 4.79 Å². The molecule has 0 aliphatic carbocycles. The van der Waals surface area contributed by atoms with Crippen molar-refractivity contribution < 1.29 is 4.79 Å². The molecule has 2 aromatic carbocycles. The Morgan fingerprint density at radius 3 is 2.25 bits per heavy atom. The number of amides is 1. The van der Waals surface area contributed by atoms with Crippen molar-refractivity contribution in [3.8, 4) is 0 Å². The summed E-state index contributed by atoms with van der Waals surface area (Å²) in [5.74, 6) is -0.0933. The fraction of sp³-hybridized carbons (Fsp3) is 0.133. The lowest BCUT2D eigenvalue weighted by molar-refractivity contribution is 0.102. The second kappa shape index (κ2) is 6.58. The fourth-order valence-corrected chi connectivity index (χ4v) is 3.59. The molecule has 5 heteroatoms. The molecule has 0 saturated heterocycles. The highest BCUT2D eigenvalue weighted by Gasteiger charge is 2.13. The fourth-order valence-electron chi connectivity index (χ4n) is 1.96. The van der Waals surface area contributed by atoms with Gasteiger partial charge in [0.2, 0.25) is 0 Å². The third kappa shape index (κ3) is 3.62. The molecule has 0 fully saturated rings. The third-order valence-electron chi connectivity index (χ3n) is 2.91. The molecule has 0 aromatic heterocycles. The van der Waals surface area contributed by atoms with Gasteiger partial charge in [0.15, 0.2) is 0 Å². The van der Waals surface area contributed by atoms with Crippen molar-refractivity contribution >= 4 is 66.0 Å². The van der Waals surface area contributed by atoms with Crippen LogP contribution in [0.25, 0.3) is 0 Å². The second-order valence-corrected chi connectivity index (χ2v) is 7.49.